The van der Waals surface area contributed by atoms with Crippen molar-refractivity contribution in [3.8, 4) is 5.75 Å². The maximum absolute atomic E-state index is 9.11. The van der Waals surface area contributed by atoms with Crippen LogP contribution >= 0.6 is 0 Å². The Morgan fingerprint density at radius 1 is 1.05 bits per heavy atom. The fourth-order valence-corrected chi connectivity index (χ4v) is 1.91. The Morgan fingerprint density at radius 2 is 1.85 bits per heavy atom. The second-order valence-electron chi connectivity index (χ2n) is 4.70. The van der Waals surface area contributed by atoms with E-state index in [1.165, 1.54) is 5.56 Å². The lowest BCUT2D eigenvalue weighted by Crippen LogP contribution is -2.00. The summed E-state index contributed by atoms with van der Waals surface area (Å²) in [5, 5.41) is 12.5. The minimum absolute atomic E-state index is 0.0684. The van der Waals surface area contributed by atoms with Crippen molar-refractivity contribution >= 4 is 5.69 Å². The molecule has 0 aliphatic carbocycles. The zero-order chi connectivity index (χ0) is 14.2. The molecule has 3 heteroatoms. The molecule has 0 aliphatic rings. The van der Waals surface area contributed by atoms with Crippen molar-refractivity contribution in [3.05, 3.63) is 59.7 Å². The Kier molecular flexibility index (Phi) is 5.44. The summed E-state index contributed by atoms with van der Waals surface area (Å²) in [6.45, 7) is 3.67. The molecule has 0 bridgehead atoms. The number of aliphatic hydroxyl groups is 1. The lowest BCUT2D eigenvalue weighted by molar-refractivity contribution is 0.282. The predicted molar refractivity (Wildman–Crippen MR) is 81.9 cm³/mol. The molecule has 0 unspecified atom stereocenters. The van der Waals surface area contributed by atoms with Crippen LogP contribution in [-0.4, -0.2) is 11.7 Å². The second kappa shape index (κ2) is 7.56. The van der Waals surface area contributed by atoms with Gasteiger partial charge in [0.1, 0.15) is 5.75 Å². The Hall–Kier alpha value is -2.00. The van der Waals surface area contributed by atoms with Crippen molar-refractivity contribution in [2.24, 2.45) is 0 Å². The molecule has 2 N–H and O–H groups in total. The van der Waals surface area contributed by atoms with Crippen LogP contribution < -0.4 is 10.1 Å². The number of aliphatic hydroxyl groups excluding tert-OH is 1. The van der Waals surface area contributed by atoms with Crippen LogP contribution in [0.15, 0.2) is 48.5 Å². The monoisotopic (exact) mass is 271 g/mol. The number of anilines is 1. The topological polar surface area (TPSA) is 41.5 Å². The van der Waals surface area contributed by atoms with Gasteiger partial charge in [-0.15, -0.1) is 0 Å². The molecule has 0 aliphatic heterocycles. The van der Waals surface area contributed by atoms with E-state index in [1.807, 2.05) is 36.4 Å². The number of hydrogen-bond acceptors (Lipinski definition) is 3. The number of hydrogen-bond donors (Lipinski definition) is 2. The number of benzene rings is 2. The van der Waals surface area contributed by atoms with Crippen molar-refractivity contribution in [1.82, 2.24) is 0 Å². The third kappa shape index (κ3) is 4.28. The van der Waals surface area contributed by atoms with E-state index < -0.39 is 0 Å². The SMILES string of the molecule is CCCOc1ccc(CNc2cccc(CO)c2)cc1. The molecule has 2 aromatic rings. The lowest BCUT2D eigenvalue weighted by Gasteiger charge is -2.09. The minimum atomic E-state index is 0.0684. The third-order valence-electron chi connectivity index (χ3n) is 3.00. The van der Waals surface area contributed by atoms with Gasteiger partial charge in [-0.1, -0.05) is 31.2 Å². The largest absolute Gasteiger partial charge is 0.494 e. The molecule has 0 saturated carbocycles. The fourth-order valence-electron chi connectivity index (χ4n) is 1.91. The summed E-state index contributed by atoms with van der Waals surface area (Å²) in [6, 6.07) is 15.9. The Morgan fingerprint density at radius 3 is 2.55 bits per heavy atom. The first-order valence-electron chi connectivity index (χ1n) is 6.97. The standard InChI is InChI=1S/C17H21NO2/c1-2-10-20-17-8-6-14(7-9-17)12-18-16-5-3-4-15(11-16)13-19/h3-9,11,18-19H,2,10,12-13H2,1H3. The van der Waals surface area contributed by atoms with E-state index in [1.54, 1.807) is 0 Å². The van der Waals surface area contributed by atoms with Gasteiger partial charge in [-0.2, -0.15) is 0 Å². The van der Waals surface area contributed by atoms with Crippen molar-refractivity contribution < 1.29 is 9.84 Å². The first-order valence-corrected chi connectivity index (χ1v) is 6.97. The van der Waals surface area contributed by atoms with E-state index in [9.17, 15) is 0 Å². The summed E-state index contributed by atoms with van der Waals surface area (Å²) < 4.78 is 5.56. The maximum Gasteiger partial charge on any atom is 0.119 e. The smallest absolute Gasteiger partial charge is 0.119 e. The zero-order valence-electron chi connectivity index (χ0n) is 11.8. The van der Waals surface area contributed by atoms with Crippen LogP contribution in [0, 0.1) is 0 Å². The molecule has 2 aromatic carbocycles. The number of nitrogens with one attached hydrogen (secondary N) is 1. The summed E-state index contributed by atoms with van der Waals surface area (Å²) in [5.41, 5.74) is 3.13. The van der Waals surface area contributed by atoms with Gasteiger partial charge in [-0.05, 0) is 41.8 Å². The Labute approximate surface area is 120 Å². The summed E-state index contributed by atoms with van der Waals surface area (Å²) in [5.74, 6) is 0.915. The van der Waals surface area contributed by atoms with Crippen LogP contribution in [-0.2, 0) is 13.2 Å². The van der Waals surface area contributed by atoms with E-state index >= 15 is 0 Å². The first-order chi connectivity index (χ1) is 9.81. The van der Waals surface area contributed by atoms with E-state index in [0.717, 1.165) is 36.6 Å². The van der Waals surface area contributed by atoms with Crippen LogP contribution in [0.2, 0.25) is 0 Å². The maximum atomic E-state index is 9.11. The van der Waals surface area contributed by atoms with Crippen LogP contribution in [0.5, 0.6) is 5.75 Å². The summed E-state index contributed by atoms with van der Waals surface area (Å²) >= 11 is 0. The Balaban J connectivity index is 1.89. The summed E-state index contributed by atoms with van der Waals surface area (Å²) in [7, 11) is 0. The van der Waals surface area contributed by atoms with E-state index in [4.69, 9.17) is 9.84 Å². The van der Waals surface area contributed by atoms with Crippen LogP contribution in [0.3, 0.4) is 0 Å². The van der Waals surface area contributed by atoms with Gasteiger partial charge in [-0.25, -0.2) is 0 Å². The highest BCUT2D eigenvalue weighted by molar-refractivity contribution is 5.46. The first kappa shape index (κ1) is 14.4. The van der Waals surface area contributed by atoms with Gasteiger partial charge < -0.3 is 15.2 Å². The number of ether oxygens (including phenoxy) is 1. The highest BCUT2D eigenvalue weighted by atomic mass is 16.5. The molecule has 106 valence electrons. The molecule has 0 fully saturated rings. The minimum Gasteiger partial charge on any atom is -0.494 e. The molecule has 0 heterocycles. The highest BCUT2D eigenvalue weighted by Crippen LogP contribution is 2.15. The molecular weight excluding hydrogens is 250 g/mol. The average Bonchev–Trinajstić information content (AvgIpc) is 2.52. The predicted octanol–water partition coefficient (Wildman–Crippen LogP) is 3.58. The van der Waals surface area contributed by atoms with Gasteiger partial charge in [0.05, 0.1) is 13.2 Å². The van der Waals surface area contributed by atoms with Crippen LogP contribution in [0.4, 0.5) is 5.69 Å². The van der Waals surface area contributed by atoms with E-state index in [-0.39, 0.29) is 6.61 Å². The second-order valence-corrected chi connectivity index (χ2v) is 4.70. The molecule has 3 nitrogen and oxygen atoms in total. The molecule has 20 heavy (non-hydrogen) atoms. The molecule has 0 saturated heterocycles. The molecule has 0 aromatic heterocycles. The van der Waals surface area contributed by atoms with Crippen molar-refractivity contribution in [3.63, 3.8) is 0 Å². The van der Waals surface area contributed by atoms with Crippen molar-refractivity contribution in [2.75, 3.05) is 11.9 Å². The molecule has 0 amide bonds. The fraction of sp³-hybridized carbons (Fsp3) is 0.294. The molecular formula is C17H21NO2. The van der Waals surface area contributed by atoms with Gasteiger partial charge in [0.2, 0.25) is 0 Å². The summed E-state index contributed by atoms with van der Waals surface area (Å²) in [6.07, 6.45) is 1.02. The van der Waals surface area contributed by atoms with Crippen LogP contribution in [0.25, 0.3) is 0 Å². The van der Waals surface area contributed by atoms with E-state index in [0.29, 0.717) is 0 Å². The molecule has 0 spiro atoms. The zero-order valence-corrected chi connectivity index (χ0v) is 11.8. The summed E-state index contributed by atoms with van der Waals surface area (Å²) in [4.78, 5) is 0. The molecule has 2 rings (SSSR count). The highest BCUT2D eigenvalue weighted by Gasteiger charge is 1.97. The quantitative estimate of drug-likeness (QED) is 0.808. The van der Waals surface area contributed by atoms with Gasteiger partial charge in [-0.3, -0.25) is 0 Å². The molecule has 0 atom stereocenters. The van der Waals surface area contributed by atoms with Gasteiger partial charge >= 0.3 is 0 Å². The lowest BCUT2D eigenvalue weighted by atomic mass is 10.2. The van der Waals surface area contributed by atoms with Crippen LogP contribution in [0.1, 0.15) is 24.5 Å². The normalized spacial score (nSPS) is 10.3. The van der Waals surface area contributed by atoms with Crippen molar-refractivity contribution in [2.45, 2.75) is 26.5 Å². The van der Waals surface area contributed by atoms with Gasteiger partial charge in [0, 0.05) is 12.2 Å². The third-order valence-corrected chi connectivity index (χ3v) is 3.00. The van der Waals surface area contributed by atoms with E-state index in [2.05, 4.69) is 24.4 Å². The van der Waals surface area contributed by atoms with Gasteiger partial charge in [0.15, 0.2) is 0 Å². The van der Waals surface area contributed by atoms with Gasteiger partial charge in [0.25, 0.3) is 0 Å². The molecule has 0 radical (unpaired) electrons. The Bertz CT molecular complexity index is 523. The average molecular weight is 271 g/mol. The van der Waals surface area contributed by atoms with Crippen molar-refractivity contribution in [1.29, 1.82) is 0 Å². The number of rotatable bonds is 7.